The minimum Gasteiger partial charge on any atom is -0.444 e. The molecule has 2 aliphatic rings. The molecule has 1 aromatic carbocycles. The molecular weight excluding hydrogens is 414 g/mol. The van der Waals surface area contributed by atoms with E-state index in [9.17, 15) is 14.7 Å². The van der Waals surface area contributed by atoms with Crippen molar-refractivity contribution in [3.63, 3.8) is 0 Å². The highest BCUT2D eigenvalue weighted by Crippen LogP contribution is 2.35. The number of carbonyl (C=O) groups is 2. The van der Waals surface area contributed by atoms with Crippen molar-refractivity contribution in [3.8, 4) is 0 Å². The van der Waals surface area contributed by atoms with Gasteiger partial charge in [0.05, 0.1) is 27.9 Å². The first kappa shape index (κ1) is 22.0. The maximum Gasteiger partial charge on any atom is 0.410 e. The molecule has 0 spiro atoms. The number of piperidine rings is 1. The Balaban J connectivity index is 1.44. The lowest BCUT2D eigenvalue weighted by Gasteiger charge is -2.35. The molecule has 0 bridgehead atoms. The zero-order valence-corrected chi connectivity index (χ0v) is 19.2. The molecule has 2 atom stereocenters. The number of carbonyl (C=O) groups excluding carboxylic acids is 2. The summed E-state index contributed by atoms with van der Waals surface area (Å²) in [5.74, 6) is -0.165. The van der Waals surface area contributed by atoms with E-state index in [4.69, 9.17) is 9.72 Å². The average molecular weight is 446 g/mol. The number of nitrogens with one attached hydrogen (secondary N) is 1. The lowest BCUT2D eigenvalue weighted by atomic mass is 9.95. The van der Waals surface area contributed by atoms with Crippen molar-refractivity contribution in [1.82, 2.24) is 15.2 Å². The number of aromatic nitrogens is 1. The summed E-state index contributed by atoms with van der Waals surface area (Å²) in [4.78, 5) is 31.2. The fraction of sp³-hybridized carbons (Fsp3) is 0.609. The summed E-state index contributed by atoms with van der Waals surface area (Å²) in [7, 11) is 0. The molecule has 2 fully saturated rings. The monoisotopic (exact) mass is 445 g/mol. The summed E-state index contributed by atoms with van der Waals surface area (Å²) in [6.45, 7) is 6.23. The molecule has 1 saturated carbocycles. The summed E-state index contributed by atoms with van der Waals surface area (Å²) in [5, 5.41) is 14.7. The average Bonchev–Trinajstić information content (AvgIpc) is 3.35. The van der Waals surface area contributed by atoms with Gasteiger partial charge in [-0.1, -0.05) is 12.8 Å². The van der Waals surface area contributed by atoms with Gasteiger partial charge in [0, 0.05) is 24.1 Å². The number of likely N-dealkylation sites (tertiary alicyclic amines) is 1. The first-order chi connectivity index (χ1) is 14.7. The van der Waals surface area contributed by atoms with Crippen molar-refractivity contribution in [2.75, 3.05) is 13.1 Å². The zero-order valence-electron chi connectivity index (χ0n) is 18.4. The Morgan fingerprint density at radius 2 is 1.97 bits per heavy atom. The lowest BCUT2D eigenvalue weighted by molar-refractivity contribution is -0.00152. The molecule has 2 amide bonds. The largest absolute Gasteiger partial charge is 0.444 e. The van der Waals surface area contributed by atoms with E-state index in [1.807, 2.05) is 39.0 Å². The molecule has 2 aromatic rings. The number of ether oxygens (including phenoxy) is 1. The van der Waals surface area contributed by atoms with Crippen molar-refractivity contribution < 1.29 is 19.4 Å². The van der Waals surface area contributed by atoms with Gasteiger partial charge in [-0.05, 0) is 58.2 Å². The van der Waals surface area contributed by atoms with Crippen LogP contribution in [0.3, 0.4) is 0 Å². The summed E-state index contributed by atoms with van der Waals surface area (Å²) in [5.41, 5.74) is 0.919. The molecule has 2 N–H and O–H groups in total. The quantitative estimate of drug-likeness (QED) is 0.744. The van der Waals surface area contributed by atoms with E-state index in [1.54, 1.807) is 4.90 Å². The highest BCUT2D eigenvalue weighted by Gasteiger charge is 2.35. The van der Waals surface area contributed by atoms with Gasteiger partial charge < -0.3 is 20.1 Å². The third-order valence-corrected chi connectivity index (χ3v) is 7.06. The smallest absolute Gasteiger partial charge is 0.410 e. The number of aliphatic hydroxyl groups is 1. The van der Waals surface area contributed by atoms with E-state index < -0.39 is 17.8 Å². The molecule has 7 nitrogen and oxygen atoms in total. The molecule has 4 rings (SSSR count). The van der Waals surface area contributed by atoms with Crippen LogP contribution in [0, 0.1) is 0 Å². The number of rotatable bonds is 3. The Hall–Kier alpha value is -2.19. The Morgan fingerprint density at radius 3 is 2.65 bits per heavy atom. The fourth-order valence-electron chi connectivity index (χ4n) is 4.29. The predicted molar refractivity (Wildman–Crippen MR) is 121 cm³/mol. The number of hydrogen-bond donors (Lipinski definition) is 2. The van der Waals surface area contributed by atoms with Gasteiger partial charge in [0.1, 0.15) is 5.60 Å². The predicted octanol–water partition coefficient (Wildman–Crippen LogP) is 4.05. The number of aliphatic hydroxyl groups excluding tert-OH is 1. The minimum absolute atomic E-state index is 0.0329. The van der Waals surface area contributed by atoms with Crippen molar-refractivity contribution in [2.24, 2.45) is 0 Å². The molecule has 0 unspecified atom stereocenters. The topological polar surface area (TPSA) is 91.8 Å². The van der Waals surface area contributed by atoms with Crippen LogP contribution < -0.4 is 5.32 Å². The zero-order chi connectivity index (χ0) is 22.2. The Labute approximate surface area is 186 Å². The summed E-state index contributed by atoms with van der Waals surface area (Å²) in [6.07, 6.45) is 3.99. The van der Waals surface area contributed by atoms with Gasteiger partial charge in [-0.25, -0.2) is 9.78 Å². The van der Waals surface area contributed by atoms with Crippen molar-refractivity contribution in [3.05, 3.63) is 28.8 Å². The molecule has 8 heteroatoms. The van der Waals surface area contributed by atoms with Crippen molar-refractivity contribution in [2.45, 2.75) is 76.5 Å². The number of fused-ring (bicyclic) bond motifs is 1. The first-order valence-corrected chi connectivity index (χ1v) is 11.9. The van der Waals surface area contributed by atoms with E-state index in [-0.39, 0.29) is 24.4 Å². The third-order valence-electron chi connectivity index (χ3n) is 5.91. The summed E-state index contributed by atoms with van der Waals surface area (Å²) in [6, 6.07) is 5.87. The molecule has 1 saturated heterocycles. The molecule has 168 valence electrons. The molecule has 2 heterocycles. The maximum absolute atomic E-state index is 12.6. The van der Waals surface area contributed by atoms with E-state index in [2.05, 4.69) is 5.32 Å². The van der Waals surface area contributed by atoms with Crippen molar-refractivity contribution in [1.29, 1.82) is 0 Å². The highest BCUT2D eigenvalue weighted by atomic mass is 32.1. The number of hydrogen-bond acceptors (Lipinski definition) is 6. The second-order valence-corrected chi connectivity index (χ2v) is 10.6. The van der Waals surface area contributed by atoms with Gasteiger partial charge in [0.15, 0.2) is 0 Å². The molecule has 31 heavy (non-hydrogen) atoms. The van der Waals surface area contributed by atoms with Gasteiger partial charge in [-0.3, -0.25) is 4.79 Å². The first-order valence-electron chi connectivity index (χ1n) is 11.1. The standard InChI is InChI=1S/C23H31N3O4S/c1-23(2,3)30-22(29)26-11-10-16(18(27)13-26)21-25-17-9-8-14(12-19(17)31-21)20(28)24-15-6-4-5-7-15/h8-9,12,15-16,18,27H,4-7,10-11,13H2,1-3H3,(H,24,28)/t16-,18-/m1/s1. The Morgan fingerprint density at radius 1 is 1.23 bits per heavy atom. The van der Waals surface area contributed by atoms with Crippen LogP contribution in [0.25, 0.3) is 10.2 Å². The number of β-amino-alcohol motifs (C(OH)–C–C–N with tert-alkyl or cyclic N) is 1. The molecule has 1 aromatic heterocycles. The van der Waals surface area contributed by atoms with Crippen LogP contribution in [-0.4, -0.2) is 57.8 Å². The second kappa shape index (κ2) is 8.74. The Kier molecular flexibility index (Phi) is 6.21. The third kappa shape index (κ3) is 5.18. The number of amides is 2. The molecule has 1 aliphatic carbocycles. The van der Waals surface area contributed by atoms with Gasteiger partial charge in [-0.2, -0.15) is 0 Å². The van der Waals surface area contributed by atoms with Crippen molar-refractivity contribution >= 4 is 33.6 Å². The summed E-state index contributed by atoms with van der Waals surface area (Å²) >= 11 is 1.52. The number of benzene rings is 1. The van der Waals surface area contributed by atoms with Crippen LogP contribution in [0.15, 0.2) is 18.2 Å². The number of thiazole rings is 1. The van der Waals surface area contributed by atoms with E-state index in [1.165, 1.54) is 24.2 Å². The van der Waals surface area contributed by atoms with Gasteiger partial charge in [-0.15, -0.1) is 11.3 Å². The normalized spacial score (nSPS) is 22.6. The van der Waals surface area contributed by atoms with Crippen LogP contribution >= 0.6 is 11.3 Å². The minimum atomic E-state index is -0.702. The molecular formula is C23H31N3O4S. The van der Waals surface area contributed by atoms with E-state index in [0.29, 0.717) is 18.5 Å². The second-order valence-electron chi connectivity index (χ2n) is 9.58. The van der Waals surface area contributed by atoms with Crippen LogP contribution in [0.4, 0.5) is 4.79 Å². The number of nitrogens with zero attached hydrogens (tertiary/aromatic N) is 2. The van der Waals surface area contributed by atoms with Gasteiger partial charge in [0.2, 0.25) is 0 Å². The van der Waals surface area contributed by atoms with Crippen LogP contribution in [0.2, 0.25) is 0 Å². The molecule has 0 radical (unpaired) electrons. The SMILES string of the molecule is CC(C)(C)OC(=O)N1CC[C@@H](c2nc3ccc(C(=O)NC4CCCC4)cc3s2)[C@H](O)C1. The fourth-order valence-corrected chi connectivity index (χ4v) is 5.49. The highest BCUT2D eigenvalue weighted by molar-refractivity contribution is 7.18. The van der Waals surface area contributed by atoms with Gasteiger partial charge >= 0.3 is 6.09 Å². The summed E-state index contributed by atoms with van der Waals surface area (Å²) < 4.78 is 6.36. The van der Waals surface area contributed by atoms with Crippen LogP contribution in [-0.2, 0) is 4.74 Å². The van der Waals surface area contributed by atoms with Gasteiger partial charge in [0.25, 0.3) is 5.91 Å². The van der Waals surface area contributed by atoms with Crippen LogP contribution in [0.5, 0.6) is 0 Å². The van der Waals surface area contributed by atoms with E-state index in [0.717, 1.165) is 28.1 Å². The van der Waals surface area contributed by atoms with E-state index >= 15 is 0 Å². The Bertz CT molecular complexity index is 961. The lowest BCUT2D eigenvalue weighted by Crippen LogP contribution is -2.47. The molecule has 1 aliphatic heterocycles. The van der Waals surface area contributed by atoms with Crippen LogP contribution in [0.1, 0.15) is 74.2 Å². The maximum atomic E-state index is 12.6.